The summed E-state index contributed by atoms with van der Waals surface area (Å²) >= 11 is 0. The molecule has 3 nitrogen and oxygen atoms in total. The van der Waals surface area contributed by atoms with Gasteiger partial charge in [0.05, 0.1) is 6.10 Å². The SMILES string of the molecule is CCCC(C)(CCC)CCc1cc(O)cc(C(O)CCN)c1. The van der Waals surface area contributed by atoms with Gasteiger partial charge < -0.3 is 15.9 Å². The van der Waals surface area contributed by atoms with Crippen molar-refractivity contribution in [3.05, 3.63) is 29.3 Å². The topological polar surface area (TPSA) is 66.5 Å². The molecule has 0 amide bonds. The maximum Gasteiger partial charge on any atom is 0.116 e. The van der Waals surface area contributed by atoms with E-state index in [9.17, 15) is 10.2 Å². The molecule has 0 bridgehead atoms. The Kier molecular flexibility index (Phi) is 7.91. The van der Waals surface area contributed by atoms with Crippen LogP contribution in [0.5, 0.6) is 5.75 Å². The number of hydrogen-bond acceptors (Lipinski definition) is 3. The third-order valence-corrected chi connectivity index (χ3v) is 4.55. The number of rotatable bonds is 10. The van der Waals surface area contributed by atoms with E-state index in [2.05, 4.69) is 20.8 Å². The number of phenols is 1. The second kappa shape index (κ2) is 9.16. The molecule has 0 saturated carbocycles. The second-order valence-electron chi connectivity index (χ2n) is 6.84. The Hall–Kier alpha value is -1.06. The zero-order chi connectivity index (χ0) is 16.6. The van der Waals surface area contributed by atoms with Crippen LogP contribution in [0.2, 0.25) is 0 Å². The zero-order valence-corrected chi connectivity index (χ0v) is 14.4. The molecule has 0 aliphatic rings. The maximum absolute atomic E-state index is 10.1. The van der Waals surface area contributed by atoms with E-state index in [-0.39, 0.29) is 5.75 Å². The van der Waals surface area contributed by atoms with Gasteiger partial charge in [0.2, 0.25) is 0 Å². The molecule has 1 rings (SSSR count). The molecule has 0 aliphatic carbocycles. The molecule has 1 unspecified atom stereocenters. The predicted octanol–water partition coefficient (Wildman–Crippen LogP) is 4.31. The minimum atomic E-state index is -0.589. The fourth-order valence-corrected chi connectivity index (χ4v) is 3.39. The molecular weight excluding hydrogens is 274 g/mol. The van der Waals surface area contributed by atoms with E-state index in [0.29, 0.717) is 18.4 Å². The van der Waals surface area contributed by atoms with Crippen LogP contribution < -0.4 is 5.73 Å². The Bertz CT molecular complexity index is 439. The molecule has 0 heterocycles. The van der Waals surface area contributed by atoms with Crippen molar-refractivity contribution < 1.29 is 10.2 Å². The largest absolute Gasteiger partial charge is 0.508 e. The van der Waals surface area contributed by atoms with Crippen molar-refractivity contribution in [2.75, 3.05) is 6.54 Å². The summed E-state index contributed by atoms with van der Waals surface area (Å²) in [5, 5.41) is 20.0. The molecule has 0 aromatic heterocycles. The molecular formula is C19H33NO2. The number of aryl methyl sites for hydroxylation is 1. The first-order valence-electron chi connectivity index (χ1n) is 8.65. The van der Waals surface area contributed by atoms with Gasteiger partial charge in [-0.2, -0.15) is 0 Å². The smallest absolute Gasteiger partial charge is 0.116 e. The summed E-state index contributed by atoms with van der Waals surface area (Å²) in [7, 11) is 0. The predicted molar refractivity (Wildman–Crippen MR) is 93.0 cm³/mol. The van der Waals surface area contributed by atoms with Gasteiger partial charge >= 0.3 is 0 Å². The normalized spacial score (nSPS) is 13.3. The van der Waals surface area contributed by atoms with Gasteiger partial charge in [0, 0.05) is 0 Å². The molecule has 0 aliphatic heterocycles. The summed E-state index contributed by atoms with van der Waals surface area (Å²) in [5.74, 6) is 0.233. The summed E-state index contributed by atoms with van der Waals surface area (Å²) in [6.07, 6.45) is 6.87. The highest BCUT2D eigenvalue weighted by molar-refractivity contribution is 5.35. The van der Waals surface area contributed by atoms with E-state index >= 15 is 0 Å². The monoisotopic (exact) mass is 307 g/mol. The van der Waals surface area contributed by atoms with Crippen molar-refractivity contribution >= 4 is 0 Å². The third kappa shape index (κ3) is 5.98. The van der Waals surface area contributed by atoms with Gasteiger partial charge in [-0.05, 0) is 67.3 Å². The van der Waals surface area contributed by atoms with Crippen LogP contribution >= 0.6 is 0 Å². The number of aliphatic hydroxyl groups is 1. The van der Waals surface area contributed by atoms with Crippen LogP contribution in [0.4, 0.5) is 0 Å². The average molecular weight is 307 g/mol. The average Bonchev–Trinajstić information content (AvgIpc) is 2.45. The van der Waals surface area contributed by atoms with Gasteiger partial charge in [-0.3, -0.25) is 0 Å². The maximum atomic E-state index is 10.1. The summed E-state index contributed by atoms with van der Waals surface area (Å²) in [4.78, 5) is 0. The number of benzene rings is 1. The Morgan fingerprint density at radius 1 is 1.09 bits per heavy atom. The van der Waals surface area contributed by atoms with E-state index in [1.165, 1.54) is 25.7 Å². The summed E-state index contributed by atoms with van der Waals surface area (Å²) in [6.45, 7) is 7.29. The van der Waals surface area contributed by atoms with E-state index in [1.54, 1.807) is 6.07 Å². The highest BCUT2D eigenvalue weighted by Gasteiger charge is 2.22. The molecule has 22 heavy (non-hydrogen) atoms. The van der Waals surface area contributed by atoms with Crippen molar-refractivity contribution in [1.82, 2.24) is 0 Å². The Labute approximate surface area is 135 Å². The summed E-state index contributed by atoms with van der Waals surface area (Å²) in [5.41, 5.74) is 7.74. The number of nitrogens with two attached hydrogens (primary N) is 1. The van der Waals surface area contributed by atoms with Gasteiger partial charge in [-0.15, -0.1) is 0 Å². The zero-order valence-electron chi connectivity index (χ0n) is 14.4. The van der Waals surface area contributed by atoms with Crippen LogP contribution in [0.15, 0.2) is 18.2 Å². The lowest BCUT2D eigenvalue weighted by Gasteiger charge is -2.29. The fourth-order valence-electron chi connectivity index (χ4n) is 3.39. The molecule has 1 aromatic carbocycles. The minimum absolute atomic E-state index is 0.233. The molecule has 1 atom stereocenters. The van der Waals surface area contributed by atoms with Crippen molar-refractivity contribution in [3.8, 4) is 5.75 Å². The van der Waals surface area contributed by atoms with Crippen LogP contribution in [0.1, 0.15) is 76.5 Å². The standard InChI is InChI=1S/C19H33NO2/c1-4-8-19(3,9-5-2)10-6-15-12-16(14-17(21)13-15)18(22)7-11-20/h12-14,18,21-22H,4-11,20H2,1-3H3. The molecule has 126 valence electrons. The van der Waals surface area contributed by atoms with Crippen molar-refractivity contribution in [2.24, 2.45) is 11.1 Å². The number of aromatic hydroxyl groups is 1. The van der Waals surface area contributed by atoms with Crippen molar-refractivity contribution in [2.45, 2.75) is 71.8 Å². The van der Waals surface area contributed by atoms with Gasteiger partial charge in [-0.25, -0.2) is 0 Å². The van der Waals surface area contributed by atoms with Gasteiger partial charge in [0.15, 0.2) is 0 Å². The Morgan fingerprint density at radius 3 is 2.27 bits per heavy atom. The van der Waals surface area contributed by atoms with Crippen LogP contribution in [0.25, 0.3) is 0 Å². The Balaban J connectivity index is 2.80. The molecule has 0 fully saturated rings. The lowest BCUT2D eigenvalue weighted by atomic mass is 9.76. The number of aliphatic hydroxyl groups excluding tert-OH is 1. The van der Waals surface area contributed by atoms with Crippen molar-refractivity contribution in [1.29, 1.82) is 0 Å². The van der Waals surface area contributed by atoms with Crippen LogP contribution in [-0.2, 0) is 6.42 Å². The van der Waals surface area contributed by atoms with Crippen LogP contribution in [0.3, 0.4) is 0 Å². The first kappa shape index (κ1) is 19.0. The molecule has 0 radical (unpaired) electrons. The van der Waals surface area contributed by atoms with Gasteiger partial charge in [0.25, 0.3) is 0 Å². The summed E-state index contributed by atoms with van der Waals surface area (Å²) < 4.78 is 0. The highest BCUT2D eigenvalue weighted by atomic mass is 16.3. The molecule has 4 N–H and O–H groups in total. The van der Waals surface area contributed by atoms with Crippen molar-refractivity contribution in [3.63, 3.8) is 0 Å². The first-order valence-corrected chi connectivity index (χ1v) is 8.65. The fraction of sp³-hybridized carbons (Fsp3) is 0.684. The summed E-state index contributed by atoms with van der Waals surface area (Å²) in [6, 6.07) is 5.47. The van der Waals surface area contributed by atoms with E-state index in [4.69, 9.17) is 5.73 Å². The van der Waals surface area contributed by atoms with E-state index < -0.39 is 6.10 Å². The third-order valence-electron chi connectivity index (χ3n) is 4.55. The molecule has 1 aromatic rings. The highest BCUT2D eigenvalue weighted by Crippen LogP contribution is 2.35. The Morgan fingerprint density at radius 2 is 1.73 bits per heavy atom. The minimum Gasteiger partial charge on any atom is -0.508 e. The lowest BCUT2D eigenvalue weighted by molar-refractivity contribution is 0.170. The van der Waals surface area contributed by atoms with Gasteiger partial charge in [0.1, 0.15) is 5.75 Å². The van der Waals surface area contributed by atoms with Crippen LogP contribution in [0, 0.1) is 5.41 Å². The van der Waals surface area contributed by atoms with E-state index in [0.717, 1.165) is 24.0 Å². The van der Waals surface area contributed by atoms with Gasteiger partial charge in [-0.1, -0.05) is 39.7 Å². The number of hydrogen-bond donors (Lipinski definition) is 3. The number of phenolic OH excluding ortho intramolecular Hbond substituents is 1. The molecule has 0 spiro atoms. The quantitative estimate of drug-likeness (QED) is 0.603. The second-order valence-corrected chi connectivity index (χ2v) is 6.84. The first-order chi connectivity index (χ1) is 10.4. The van der Waals surface area contributed by atoms with E-state index in [1.807, 2.05) is 12.1 Å². The van der Waals surface area contributed by atoms with Crippen LogP contribution in [-0.4, -0.2) is 16.8 Å². The molecule has 3 heteroatoms. The lowest BCUT2D eigenvalue weighted by Crippen LogP contribution is -2.17. The molecule has 0 saturated heterocycles.